The van der Waals surface area contributed by atoms with Crippen molar-refractivity contribution >= 4 is 35.5 Å². The smallest absolute Gasteiger partial charge is 0.337 e. The molecule has 1 spiro atoms. The first-order chi connectivity index (χ1) is 20.3. The van der Waals surface area contributed by atoms with E-state index in [0.29, 0.717) is 36.4 Å². The number of hydrogen-bond acceptors (Lipinski definition) is 9. The highest BCUT2D eigenvalue weighted by Gasteiger charge is 2.74. The van der Waals surface area contributed by atoms with Crippen LogP contribution in [0.1, 0.15) is 80.1 Å². The molecular formula is C34H46O8S. The molecule has 0 aromatic carbocycles. The third-order valence-electron chi connectivity index (χ3n) is 12.6. The Hall–Kier alpha value is -2.13. The Balaban J connectivity index is 1.27. The highest BCUT2D eigenvalue weighted by molar-refractivity contribution is 8.00. The maximum atomic E-state index is 14.0. The fourth-order valence-corrected chi connectivity index (χ4v) is 12.1. The molecule has 6 rings (SSSR count). The highest BCUT2D eigenvalue weighted by atomic mass is 32.2. The predicted octanol–water partition coefficient (Wildman–Crippen LogP) is 5.23. The standard InChI is InChI=1S/C34H46O8S/c1-18-15-27(42-31(38)23(18)17-39-20(3)35)19(2)24-7-8-25-22-16-30-34(40-13-14-43-30)29(41-21(4)36)10-9-28(37)33(34,6)26(22)11-12-32(24,25)5/h9-10,19,22,24-27,29-30H,7-8,11-17H2,1-6H3/t19-,22-,24+,25-,26-,27+,29-,30-,32+,33-,34+/m0/s1. The van der Waals surface area contributed by atoms with Crippen LogP contribution >= 0.6 is 11.8 Å². The monoisotopic (exact) mass is 614 g/mol. The number of ketones is 1. The molecule has 43 heavy (non-hydrogen) atoms. The van der Waals surface area contributed by atoms with E-state index in [4.69, 9.17) is 18.9 Å². The zero-order valence-corrected chi connectivity index (χ0v) is 27.1. The lowest BCUT2D eigenvalue weighted by Crippen LogP contribution is -2.75. The average molecular weight is 615 g/mol. The maximum absolute atomic E-state index is 14.0. The molecule has 0 radical (unpaired) electrons. The molecule has 0 amide bonds. The number of allylic oxidation sites excluding steroid dienone is 1. The number of ether oxygens (including phenoxy) is 4. The lowest BCUT2D eigenvalue weighted by molar-refractivity contribution is -0.241. The molecule has 3 saturated carbocycles. The van der Waals surface area contributed by atoms with Gasteiger partial charge in [0, 0.05) is 31.3 Å². The van der Waals surface area contributed by atoms with Crippen molar-refractivity contribution in [3.63, 3.8) is 0 Å². The summed E-state index contributed by atoms with van der Waals surface area (Å²) in [5, 5.41) is 0.0623. The van der Waals surface area contributed by atoms with E-state index in [2.05, 4.69) is 20.8 Å². The van der Waals surface area contributed by atoms with Crippen LogP contribution < -0.4 is 0 Å². The van der Waals surface area contributed by atoms with Gasteiger partial charge in [-0.05, 0) is 93.1 Å². The van der Waals surface area contributed by atoms with Gasteiger partial charge in [-0.2, -0.15) is 11.8 Å². The quantitative estimate of drug-likeness (QED) is 0.304. The summed E-state index contributed by atoms with van der Waals surface area (Å²) in [6.45, 7) is 12.0. The number of carbonyl (C=O) groups excluding carboxylic acids is 4. The number of thioether (sulfide) groups is 1. The highest BCUT2D eigenvalue weighted by Crippen LogP contribution is 2.70. The predicted molar refractivity (Wildman–Crippen MR) is 161 cm³/mol. The molecule has 4 fully saturated rings. The summed E-state index contributed by atoms with van der Waals surface area (Å²) in [4.78, 5) is 50.5. The number of hydrogen-bond donors (Lipinski definition) is 0. The molecule has 11 atom stereocenters. The number of fused-ring (bicyclic) bond motifs is 4. The first-order valence-corrected chi connectivity index (χ1v) is 17.1. The molecule has 8 nitrogen and oxygen atoms in total. The number of esters is 3. The molecule has 1 saturated heterocycles. The Kier molecular flexibility index (Phi) is 7.93. The van der Waals surface area contributed by atoms with E-state index < -0.39 is 23.1 Å². The fourth-order valence-electron chi connectivity index (χ4n) is 10.6. The van der Waals surface area contributed by atoms with E-state index in [-0.39, 0.29) is 52.9 Å². The Bertz CT molecular complexity index is 1270. The van der Waals surface area contributed by atoms with Gasteiger partial charge in [-0.15, -0.1) is 0 Å². The van der Waals surface area contributed by atoms with Crippen molar-refractivity contribution in [1.29, 1.82) is 0 Å². The first kappa shape index (κ1) is 30.9. The van der Waals surface area contributed by atoms with Gasteiger partial charge in [-0.25, -0.2) is 4.79 Å². The van der Waals surface area contributed by atoms with Crippen LogP contribution in [0.5, 0.6) is 0 Å². The summed E-state index contributed by atoms with van der Waals surface area (Å²) in [6.07, 6.45) is 8.33. The summed E-state index contributed by atoms with van der Waals surface area (Å²) < 4.78 is 23.7. The van der Waals surface area contributed by atoms with Crippen LogP contribution in [0.4, 0.5) is 0 Å². The summed E-state index contributed by atoms with van der Waals surface area (Å²) in [5.74, 6) is 1.37. The molecule has 0 unspecified atom stereocenters. The number of rotatable bonds is 5. The van der Waals surface area contributed by atoms with Crippen LogP contribution in [0.3, 0.4) is 0 Å². The zero-order valence-electron chi connectivity index (χ0n) is 26.3. The van der Waals surface area contributed by atoms with Crippen molar-refractivity contribution in [3.8, 4) is 0 Å². The van der Waals surface area contributed by atoms with Gasteiger partial charge in [-0.1, -0.05) is 19.4 Å². The van der Waals surface area contributed by atoms with Crippen molar-refractivity contribution in [2.45, 2.75) is 103 Å². The van der Waals surface area contributed by atoms with Gasteiger partial charge in [0.1, 0.15) is 18.3 Å². The van der Waals surface area contributed by atoms with E-state index >= 15 is 0 Å². The summed E-state index contributed by atoms with van der Waals surface area (Å²) in [6, 6.07) is 0. The van der Waals surface area contributed by atoms with Gasteiger partial charge >= 0.3 is 17.9 Å². The van der Waals surface area contributed by atoms with Gasteiger partial charge < -0.3 is 18.9 Å². The molecule has 2 heterocycles. The van der Waals surface area contributed by atoms with E-state index in [9.17, 15) is 19.2 Å². The van der Waals surface area contributed by atoms with Crippen molar-refractivity contribution < 1.29 is 38.1 Å². The Morgan fingerprint density at radius 2 is 1.88 bits per heavy atom. The van der Waals surface area contributed by atoms with E-state index in [1.807, 2.05) is 18.7 Å². The third kappa shape index (κ3) is 4.57. The SMILES string of the molecule is CC(=O)OCC1=C(C)C[C@H]([C@@H](C)[C@H]2CC[C@H]3[C@@H]4C[C@@H]5SCCO[C@]56[C@@H](OC(C)=O)C=CC(=O)[C@]6(C)[C@H]4CC[C@]23C)OC1=O. The molecule has 0 N–H and O–H groups in total. The average Bonchev–Trinajstić information content (AvgIpc) is 3.30. The van der Waals surface area contributed by atoms with Crippen LogP contribution in [0.2, 0.25) is 0 Å². The van der Waals surface area contributed by atoms with Gasteiger partial charge in [0.25, 0.3) is 0 Å². The fraction of sp³-hybridized carbons (Fsp3) is 0.765. The van der Waals surface area contributed by atoms with Gasteiger partial charge in [0.15, 0.2) is 11.9 Å². The molecule has 0 bridgehead atoms. The second-order valence-electron chi connectivity index (χ2n) is 14.3. The molecule has 4 aliphatic carbocycles. The Morgan fingerprint density at radius 1 is 1.12 bits per heavy atom. The lowest BCUT2D eigenvalue weighted by atomic mass is 9.42. The largest absolute Gasteiger partial charge is 0.461 e. The molecule has 236 valence electrons. The van der Waals surface area contributed by atoms with Crippen molar-refractivity contribution in [3.05, 3.63) is 23.3 Å². The zero-order chi connectivity index (χ0) is 30.9. The summed E-state index contributed by atoms with van der Waals surface area (Å²) >= 11 is 1.88. The van der Waals surface area contributed by atoms with Crippen molar-refractivity contribution in [2.75, 3.05) is 19.0 Å². The minimum absolute atomic E-state index is 0.0389. The minimum atomic E-state index is -0.850. The van der Waals surface area contributed by atoms with Crippen LogP contribution in [-0.2, 0) is 38.1 Å². The second-order valence-corrected chi connectivity index (χ2v) is 15.7. The summed E-state index contributed by atoms with van der Waals surface area (Å²) in [5.41, 5.74) is -0.152. The molecule has 2 aliphatic heterocycles. The maximum Gasteiger partial charge on any atom is 0.337 e. The van der Waals surface area contributed by atoms with E-state index in [1.54, 1.807) is 12.2 Å². The van der Waals surface area contributed by atoms with E-state index in [0.717, 1.165) is 43.4 Å². The topological polar surface area (TPSA) is 105 Å². The van der Waals surface area contributed by atoms with Gasteiger partial charge in [0.05, 0.1) is 17.6 Å². The number of carbonyl (C=O) groups is 4. The molecule has 0 aromatic heterocycles. The number of cyclic esters (lactones) is 1. The van der Waals surface area contributed by atoms with Gasteiger partial charge in [0.2, 0.25) is 0 Å². The van der Waals surface area contributed by atoms with Crippen LogP contribution in [0.25, 0.3) is 0 Å². The van der Waals surface area contributed by atoms with Crippen LogP contribution in [-0.4, -0.2) is 65.7 Å². The lowest BCUT2D eigenvalue weighted by Gasteiger charge is -2.67. The first-order valence-electron chi connectivity index (χ1n) is 16.0. The minimum Gasteiger partial charge on any atom is -0.461 e. The van der Waals surface area contributed by atoms with Crippen LogP contribution in [0.15, 0.2) is 23.3 Å². The van der Waals surface area contributed by atoms with Gasteiger partial charge in [-0.3, -0.25) is 14.4 Å². The summed E-state index contributed by atoms with van der Waals surface area (Å²) in [7, 11) is 0. The molecule has 6 aliphatic rings. The molecule has 9 heteroatoms. The Labute approximate surface area is 259 Å². The van der Waals surface area contributed by atoms with Crippen LogP contribution in [0, 0.1) is 40.4 Å². The Morgan fingerprint density at radius 3 is 2.58 bits per heavy atom. The normalized spacial score (nSPS) is 44.4. The molecule has 0 aromatic rings. The van der Waals surface area contributed by atoms with E-state index in [1.165, 1.54) is 13.8 Å². The molecular weight excluding hydrogens is 568 g/mol. The third-order valence-corrected chi connectivity index (χ3v) is 13.9. The van der Waals surface area contributed by atoms with Crippen molar-refractivity contribution in [1.82, 2.24) is 0 Å². The second kappa shape index (κ2) is 11.0. The van der Waals surface area contributed by atoms with Crippen molar-refractivity contribution in [2.24, 2.45) is 40.4 Å².